The van der Waals surface area contributed by atoms with E-state index < -0.39 is 6.61 Å². The number of hydrogen-bond acceptors (Lipinski definition) is 5. The highest BCUT2D eigenvalue weighted by Crippen LogP contribution is 2.29. The molecule has 0 atom stereocenters. The molecular formula is C22H21F2NO5. The monoisotopic (exact) mass is 417 g/mol. The number of amides is 1. The Morgan fingerprint density at radius 3 is 2.60 bits per heavy atom. The molecule has 0 aliphatic rings. The molecule has 0 aliphatic carbocycles. The van der Waals surface area contributed by atoms with E-state index in [-0.39, 0.29) is 23.0 Å². The quantitative estimate of drug-likeness (QED) is 0.525. The zero-order valence-electron chi connectivity index (χ0n) is 16.3. The predicted octanol–water partition coefficient (Wildman–Crippen LogP) is 4.54. The highest BCUT2D eigenvalue weighted by Gasteiger charge is 2.14. The summed E-state index contributed by atoms with van der Waals surface area (Å²) in [5.74, 6) is 0.306. The van der Waals surface area contributed by atoms with E-state index in [0.717, 1.165) is 16.9 Å². The van der Waals surface area contributed by atoms with Crippen LogP contribution in [0, 0.1) is 0 Å². The van der Waals surface area contributed by atoms with Gasteiger partial charge in [-0.3, -0.25) is 4.79 Å². The van der Waals surface area contributed by atoms with Crippen LogP contribution in [-0.4, -0.2) is 19.6 Å². The van der Waals surface area contributed by atoms with E-state index in [1.54, 1.807) is 12.3 Å². The second kappa shape index (κ2) is 10.4. The molecule has 1 aromatic heterocycles. The Balaban J connectivity index is 1.55. The van der Waals surface area contributed by atoms with Crippen molar-refractivity contribution in [1.82, 2.24) is 5.32 Å². The summed E-state index contributed by atoms with van der Waals surface area (Å²) in [5, 5.41) is 2.79. The molecule has 8 heteroatoms. The summed E-state index contributed by atoms with van der Waals surface area (Å²) in [7, 11) is 1.31. The van der Waals surface area contributed by atoms with E-state index in [1.165, 1.54) is 25.3 Å². The minimum absolute atomic E-state index is 0.0543. The van der Waals surface area contributed by atoms with E-state index in [1.807, 2.05) is 30.3 Å². The Bertz CT molecular complexity index is 960. The van der Waals surface area contributed by atoms with Crippen molar-refractivity contribution >= 4 is 5.91 Å². The second-order valence-electron chi connectivity index (χ2n) is 6.32. The van der Waals surface area contributed by atoms with Gasteiger partial charge in [0.15, 0.2) is 11.5 Å². The molecule has 0 bridgehead atoms. The van der Waals surface area contributed by atoms with Crippen LogP contribution in [0.25, 0.3) is 0 Å². The fourth-order valence-electron chi connectivity index (χ4n) is 2.78. The maximum Gasteiger partial charge on any atom is 0.387 e. The zero-order chi connectivity index (χ0) is 21.3. The molecule has 3 aromatic rings. The van der Waals surface area contributed by atoms with Crippen LogP contribution in [0.3, 0.4) is 0 Å². The highest BCUT2D eigenvalue weighted by atomic mass is 19.3. The molecular weight excluding hydrogens is 396 g/mol. The Kier molecular flexibility index (Phi) is 7.40. The third-order valence-electron chi connectivity index (χ3n) is 4.18. The van der Waals surface area contributed by atoms with Gasteiger partial charge in [0, 0.05) is 12.1 Å². The number of carbonyl (C=O) groups is 1. The van der Waals surface area contributed by atoms with E-state index >= 15 is 0 Å². The first-order chi connectivity index (χ1) is 14.5. The summed E-state index contributed by atoms with van der Waals surface area (Å²) in [5.41, 5.74) is 2.13. The summed E-state index contributed by atoms with van der Waals surface area (Å²) in [6, 6.07) is 15.3. The Morgan fingerprint density at radius 2 is 1.87 bits per heavy atom. The number of carbonyl (C=O) groups excluding carboxylic acids is 1. The van der Waals surface area contributed by atoms with Crippen molar-refractivity contribution in [3.05, 3.63) is 83.3 Å². The fraction of sp³-hybridized carbons (Fsp3) is 0.227. The average molecular weight is 417 g/mol. The van der Waals surface area contributed by atoms with Gasteiger partial charge in [-0.05, 0) is 41.5 Å². The normalized spacial score (nSPS) is 10.8. The number of methoxy groups -OCH3 is 1. The number of halogens is 2. The number of hydrogen-bond donors (Lipinski definition) is 1. The summed E-state index contributed by atoms with van der Waals surface area (Å²) >= 11 is 0. The van der Waals surface area contributed by atoms with Crippen LogP contribution >= 0.6 is 0 Å². The topological polar surface area (TPSA) is 69.9 Å². The summed E-state index contributed by atoms with van der Waals surface area (Å²) in [4.78, 5) is 12.4. The van der Waals surface area contributed by atoms with Gasteiger partial charge in [-0.15, -0.1) is 0 Å². The van der Waals surface area contributed by atoms with Gasteiger partial charge in [0.25, 0.3) is 5.91 Å². The molecule has 1 heterocycles. The summed E-state index contributed by atoms with van der Waals surface area (Å²) < 4.78 is 45.0. The van der Waals surface area contributed by atoms with Crippen molar-refractivity contribution in [2.75, 3.05) is 7.11 Å². The van der Waals surface area contributed by atoms with E-state index in [2.05, 4.69) is 10.1 Å². The van der Waals surface area contributed by atoms with Crippen LogP contribution in [0.4, 0.5) is 8.78 Å². The lowest BCUT2D eigenvalue weighted by Gasteiger charge is -2.12. The lowest BCUT2D eigenvalue weighted by atomic mass is 10.1. The van der Waals surface area contributed by atoms with Crippen LogP contribution in [0.1, 0.15) is 27.2 Å². The largest absolute Gasteiger partial charge is 0.493 e. The molecule has 0 fully saturated rings. The van der Waals surface area contributed by atoms with Crippen molar-refractivity contribution in [1.29, 1.82) is 0 Å². The van der Waals surface area contributed by atoms with Gasteiger partial charge in [-0.25, -0.2) is 0 Å². The third-order valence-corrected chi connectivity index (χ3v) is 4.18. The molecule has 0 saturated heterocycles. The Hall–Kier alpha value is -3.39. The maximum absolute atomic E-state index is 12.4. The molecule has 30 heavy (non-hydrogen) atoms. The van der Waals surface area contributed by atoms with Crippen LogP contribution in [0.2, 0.25) is 0 Å². The fourth-order valence-corrected chi connectivity index (χ4v) is 2.78. The number of ether oxygens (including phenoxy) is 3. The Labute approximate surface area is 172 Å². The van der Waals surface area contributed by atoms with E-state index in [4.69, 9.17) is 13.9 Å². The number of rotatable bonds is 10. The lowest BCUT2D eigenvalue weighted by Crippen LogP contribution is -2.23. The first-order valence-corrected chi connectivity index (χ1v) is 9.14. The van der Waals surface area contributed by atoms with Crippen LogP contribution in [0.15, 0.2) is 65.3 Å². The molecule has 158 valence electrons. The molecule has 0 saturated carbocycles. The number of benzene rings is 2. The minimum atomic E-state index is -2.98. The van der Waals surface area contributed by atoms with Crippen LogP contribution < -0.4 is 14.8 Å². The third kappa shape index (κ3) is 6.05. The Morgan fingerprint density at radius 1 is 1.03 bits per heavy atom. The summed E-state index contributed by atoms with van der Waals surface area (Å²) in [6.07, 6.45) is 1.59. The van der Waals surface area contributed by atoms with Crippen molar-refractivity contribution in [3.63, 3.8) is 0 Å². The van der Waals surface area contributed by atoms with E-state index in [9.17, 15) is 13.6 Å². The standard InChI is InChI=1S/C22H21F2NO5/c1-27-20-11-17(7-8-19(20)30-22(23)24)21(26)25-12-15-4-2-5-16(10-15)13-28-14-18-6-3-9-29-18/h2-11,22H,12-14H2,1H3,(H,25,26). The van der Waals surface area contributed by atoms with Crippen molar-refractivity contribution in [3.8, 4) is 11.5 Å². The smallest absolute Gasteiger partial charge is 0.387 e. The van der Waals surface area contributed by atoms with Gasteiger partial charge in [0.2, 0.25) is 0 Å². The molecule has 3 rings (SSSR count). The van der Waals surface area contributed by atoms with Crippen molar-refractivity contribution in [2.24, 2.45) is 0 Å². The SMILES string of the molecule is COc1cc(C(=O)NCc2cccc(COCc3ccco3)c2)ccc1OC(F)F. The van der Waals surface area contributed by atoms with E-state index in [0.29, 0.717) is 19.8 Å². The first kappa shape index (κ1) is 21.3. The molecule has 6 nitrogen and oxygen atoms in total. The number of nitrogens with one attached hydrogen (secondary N) is 1. The van der Waals surface area contributed by atoms with Gasteiger partial charge in [-0.1, -0.05) is 24.3 Å². The lowest BCUT2D eigenvalue weighted by molar-refractivity contribution is -0.0512. The average Bonchev–Trinajstić information content (AvgIpc) is 3.26. The zero-order valence-corrected chi connectivity index (χ0v) is 16.3. The molecule has 1 N–H and O–H groups in total. The highest BCUT2D eigenvalue weighted by molar-refractivity contribution is 5.94. The van der Waals surface area contributed by atoms with Gasteiger partial charge in [0.1, 0.15) is 12.4 Å². The second-order valence-corrected chi connectivity index (χ2v) is 6.32. The predicted molar refractivity (Wildman–Crippen MR) is 104 cm³/mol. The minimum Gasteiger partial charge on any atom is -0.493 e. The van der Waals surface area contributed by atoms with Crippen LogP contribution in [-0.2, 0) is 24.5 Å². The van der Waals surface area contributed by atoms with Gasteiger partial charge in [-0.2, -0.15) is 8.78 Å². The number of furan rings is 1. The molecule has 1 amide bonds. The molecule has 0 aliphatic heterocycles. The first-order valence-electron chi connectivity index (χ1n) is 9.14. The summed E-state index contributed by atoms with van der Waals surface area (Å²) in [6.45, 7) is -1.90. The molecule has 0 spiro atoms. The molecule has 0 unspecified atom stereocenters. The van der Waals surface area contributed by atoms with Crippen LogP contribution in [0.5, 0.6) is 11.5 Å². The molecule has 0 radical (unpaired) electrons. The maximum atomic E-state index is 12.4. The van der Waals surface area contributed by atoms with Gasteiger partial charge < -0.3 is 23.9 Å². The van der Waals surface area contributed by atoms with Crippen molar-refractivity contribution in [2.45, 2.75) is 26.4 Å². The molecule has 2 aromatic carbocycles. The van der Waals surface area contributed by atoms with Crippen molar-refractivity contribution < 1.29 is 32.2 Å². The van der Waals surface area contributed by atoms with Gasteiger partial charge >= 0.3 is 6.61 Å². The van der Waals surface area contributed by atoms with Gasteiger partial charge in [0.05, 0.1) is 20.0 Å². The number of alkyl halides is 2.